The lowest BCUT2D eigenvalue weighted by Crippen LogP contribution is -2.43. The Bertz CT molecular complexity index is 320. The molecule has 1 amide bonds. The van der Waals surface area contributed by atoms with Crippen LogP contribution in [0.2, 0.25) is 0 Å². The predicted octanol–water partition coefficient (Wildman–Crippen LogP) is 0.422. The van der Waals surface area contributed by atoms with Gasteiger partial charge in [-0.1, -0.05) is 6.92 Å². The van der Waals surface area contributed by atoms with Crippen molar-refractivity contribution in [1.29, 1.82) is 0 Å². The number of nitrogens with zero attached hydrogens (tertiary/aromatic N) is 2. The van der Waals surface area contributed by atoms with Crippen LogP contribution in [0.25, 0.3) is 0 Å². The minimum atomic E-state index is -0.329. The van der Waals surface area contributed by atoms with Crippen LogP contribution in [0.3, 0.4) is 0 Å². The van der Waals surface area contributed by atoms with E-state index in [-0.39, 0.29) is 11.9 Å². The topological polar surface area (TPSA) is 80.9 Å². The van der Waals surface area contributed by atoms with E-state index in [1.165, 1.54) is 11.8 Å². The van der Waals surface area contributed by atoms with Gasteiger partial charge in [0, 0.05) is 18.1 Å². The van der Waals surface area contributed by atoms with Crippen LogP contribution in [-0.2, 0) is 4.79 Å². The molecule has 0 radical (unpaired) electrons. The highest BCUT2D eigenvalue weighted by Crippen LogP contribution is 2.13. The fraction of sp³-hybridized carbons (Fsp3) is 0.500. The summed E-state index contributed by atoms with van der Waals surface area (Å²) in [6.45, 7) is 2.83. The van der Waals surface area contributed by atoms with Crippen molar-refractivity contribution in [3.63, 3.8) is 0 Å². The summed E-state index contributed by atoms with van der Waals surface area (Å²) in [5.41, 5.74) is 5.29. The quantitative estimate of drug-likeness (QED) is 0.675. The van der Waals surface area contributed by atoms with Crippen LogP contribution in [0.5, 0.6) is 0 Å². The number of hydrogen-bond donors (Lipinski definition) is 2. The van der Waals surface area contributed by atoms with Crippen LogP contribution in [0.15, 0.2) is 23.6 Å². The monoisotopic (exact) mass is 240 g/mol. The fourth-order valence-electron chi connectivity index (χ4n) is 1.09. The Morgan fingerprint density at radius 2 is 2.44 bits per heavy atom. The van der Waals surface area contributed by atoms with Crippen LogP contribution in [0.1, 0.15) is 13.3 Å². The van der Waals surface area contributed by atoms with Crippen molar-refractivity contribution < 1.29 is 4.79 Å². The molecule has 5 nitrogen and oxygen atoms in total. The molecule has 1 atom stereocenters. The van der Waals surface area contributed by atoms with Crippen LogP contribution in [-0.4, -0.2) is 34.2 Å². The number of nitrogens with one attached hydrogen (secondary N) is 1. The second-order valence-electron chi connectivity index (χ2n) is 3.26. The van der Waals surface area contributed by atoms with Gasteiger partial charge in [0.05, 0.1) is 12.2 Å². The summed E-state index contributed by atoms with van der Waals surface area (Å²) < 4.78 is 0. The average molecular weight is 240 g/mol. The number of aromatic nitrogens is 2. The third kappa shape index (κ3) is 4.59. The zero-order chi connectivity index (χ0) is 11.8. The first-order valence-electron chi connectivity index (χ1n) is 5.15. The highest BCUT2D eigenvalue weighted by atomic mass is 32.2. The first-order valence-corrected chi connectivity index (χ1v) is 6.14. The molecule has 1 aromatic rings. The second kappa shape index (κ2) is 7.19. The van der Waals surface area contributed by atoms with Crippen LogP contribution >= 0.6 is 11.8 Å². The van der Waals surface area contributed by atoms with E-state index < -0.39 is 0 Å². The van der Waals surface area contributed by atoms with E-state index in [0.29, 0.717) is 5.75 Å². The zero-order valence-corrected chi connectivity index (χ0v) is 10.0. The maximum atomic E-state index is 11.1. The van der Waals surface area contributed by atoms with Gasteiger partial charge >= 0.3 is 0 Å². The third-order valence-electron chi connectivity index (χ3n) is 1.92. The van der Waals surface area contributed by atoms with Crippen molar-refractivity contribution in [2.45, 2.75) is 24.4 Å². The van der Waals surface area contributed by atoms with Gasteiger partial charge in [-0.3, -0.25) is 9.78 Å². The largest absolute Gasteiger partial charge is 0.368 e. The third-order valence-corrected chi connectivity index (χ3v) is 2.93. The number of primary amides is 1. The van der Waals surface area contributed by atoms with Gasteiger partial charge in [-0.15, -0.1) is 11.8 Å². The van der Waals surface area contributed by atoms with Gasteiger partial charge in [0.15, 0.2) is 0 Å². The first kappa shape index (κ1) is 12.9. The van der Waals surface area contributed by atoms with Crippen molar-refractivity contribution in [2.24, 2.45) is 5.73 Å². The smallest absolute Gasteiger partial charge is 0.235 e. The van der Waals surface area contributed by atoms with Crippen molar-refractivity contribution in [3.05, 3.63) is 18.6 Å². The standard InChI is InChI=1S/C10H16N4OS/c1-2-3-13-8(10(11)15)7-16-9-6-12-4-5-14-9/h4-6,8,13H,2-3,7H2,1H3,(H2,11,15). The van der Waals surface area contributed by atoms with Gasteiger partial charge in [0.1, 0.15) is 5.03 Å². The highest BCUT2D eigenvalue weighted by Gasteiger charge is 2.14. The van der Waals surface area contributed by atoms with Gasteiger partial charge in [0.2, 0.25) is 5.91 Å². The van der Waals surface area contributed by atoms with E-state index in [0.717, 1.165) is 18.0 Å². The lowest BCUT2D eigenvalue weighted by Gasteiger charge is -2.13. The maximum absolute atomic E-state index is 11.1. The van der Waals surface area contributed by atoms with Crippen LogP contribution in [0.4, 0.5) is 0 Å². The summed E-state index contributed by atoms with van der Waals surface area (Å²) in [5.74, 6) is 0.249. The SMILES string of the molecule is CCCNC(CSc1cnccn1)C(N)=O. The number of carbonyl (C=O) groups is 1. The van der Waals surface area contributed by atoms with Crippen molar-refractivity contribution in [3.8, 4) is 0 Å². The summed E-state index contributed by atoms with van der Waals surface area (Å²) in [4.78, 5) is 19.2. The molecule has 6 heteroatoms. The second-order valence-corrected chi connectivity index (χ2v) is 4.30. The van der Waals surface area contributed by atoms with E-state index in [2.05, 4.69) is 15.3 Å². The molecule has 0 aliphatic heterocycles. The number of rotatable bonds is 7. The Hall–Kier alpha value is -1.14. The van der Waals surface area contributed by atoms with Crippen molar-refractivity contribution >= 4 is 17.7 Å². The predicted molar refractivity (Wildman–Crippen MR) is 64.0 cm³/mol. The van der Waals surface area contributed by atoms with E-state index >= 15 is 0 Å². The minimum absolute atomic E-state index is 0.313. The molecule has 0 aliphatic rings. The maximum Gasteiger partial charge on any atom is 0.235 e. The van der Waals surface area contributed by atoms with Gasteiger partial charge in [0.25, 0.3) is 0 Å². The zero-order valence-electron chi connectivity index (χ0n) is 9.22. The molecule has 88 valence electrons. The molecule has 3 N–H and O–H groups in total. The van der Waals surface area contributed by atoms with Gasteiger partial charge in [-0.25, -0.2) is 4.98 Å². The molecule has 0 saturated heterocycles. The van der Waals surface area contributed by atoms with Gasteiger partial charge < -0.3 is 11.1 Å². The normalized spacial score (nSPS) is 12.3. The Kier molecular flexibility index (Phi) is 5.81. The molecule has 1 heterocycles. The van der Waals surface area contributed by atoms with Gasteiger partial charge in [-0.05, 0) is 13.0 Å². The lowest BCUT2D eigenvalue weighted by molar-refractivity contribution is -0.119. The van der Waals surface area contributed by atoms with Crippen molar-refractivity contribution in [1.82, 2.24) is 15.3 Å². The average Bonchev–Trinajstić information content (AvgIpc) is 2.30. The molecule has 0 saturated carbocycles. The van der Waals surface area contributed by atoms with Gasteiger partial charge in [-0.2, -0.15) is 0 Å². The fourth-order valence-corrected chi connectivity index (χ4v) is 1.98. The number of amides is 1. The van der Waals surface area contributed by atoms with Crippen molar-refractivity contribution in [2.75, 3.05) is 12.3 Å². The molecule has 0 aromatic carbocycles. The van der Waals surface area contributed by atoms with E-state index in [1.807, 2.05) is 6.92 Å². The highest BCUT2D eigenvalue weighted by molar-refractivity contribution is 7.99. The van der Waals surface area contributed by atoms with E-state index in [9.17, 15) is 4.79 Å². The van der Waals surface area contributed by atoms with Crippen LogP contribution < -0.4 is 11.1 Å². The number of thioether (sulfide) groups is 1. The number of carbonyl (C=O) groups excluding carboxylic acids is 1. The summed E-state index contributed by atoms with van der Waals surface area (Å²) in [5, 5.41) is 3.89. The molecule has 1 aromatic heterocycles. The summed E-state index contributed by atoms with van der Waals surface area (Å²) in [6, 6.07) is -0.313. The Balaban J connectivity index is 2.41. The molecular formula is C10H16N4OS. The molecule has 16 heavy (non-hydrogen) atoms. The Morgan fingerprint density at radius 1 is 1.62 bits per heavy atom. The molecule has 1 unspecified atom stereocenters. The summed E-state index contributed by atoms with van der Waals surface area (Å²) in [6.07, 6.45) is 5.88. The lowest BCUT2D eigenvalue weighted by atomic mass is 10.3. The van der Waals surface area contributed by atoms with E-state index in [4.69, 9.17) is 5.73 Å². The number of nitrogens with two attached hydrogens (primary N) is 1. The van der Waals surface area contributed by atoms with Crippen LogP contribution in [0, 0.1) is 0 Å². The molecule has 0 aliphatic carbocycles. The summed E-state index contributed by atoms with van der Waals surface area (Å²) in [7, 11) is 0. The molecular weight excluding hydrogens is 224 g/mol. The van der Waals surface area contributed by atoms with E-state index in [1.54, 1.807) is 18.6 Å². The Labute approximate surface area is 99.2 Å². The summed E-state index contributed by atoms with van der Waals surface area (Å²) >= 11 is 1.47. The molecule has 1 rings (SSSR count). The minimum Gasteiger partial charge on any atom is -0.368 e. The number of hydrogen-bond acceptors (Lipinski definition) is 5. The molecule has 0 fully saturated rings. The Morgan fingerprint density at radius 3 is 3.00 bits per heavy atom. The molecule has 0 bridgehead atoms. The first-order chi connectivity index (χ1) is 7.74. The molecule has 0 spiro atoms.